The van der Waals surface area contributed by atoms with Crippen molar-refractivity contribution in [3.05, 3.63) is 92.7 Å². The van der Waals surface area contributed by atoms with Crippen LogP contribution in [-0.2, 0) is 6.54 Å². The Kier molecular flexibility index (Phi) is 5.89. The van der Waals surface area contributed by atoms with E-state index in [-0.39, 0.29) is 24.1 Å². The maximum Gasteiger partial charge on any atom is 0.258 e. The molecular formula is C25H25ClN4O2. The SMILES string of the molecule is Cc1cc(C(=O)N(Cc2nc3ccccc3c(=O)[nH]2)C(C)C)c(C)n1-c1ccc(Cl)cc1. The Morgan fingerprint density at radius 3 is 2.50 bits per heavy atom. The largest absolute Gasteiger partial charge is 0.329 e. The van der Waals surface area contributed by atoms with Crippen molar-refractivity contribution < 1.29 is 4.79 Å². The van der Waals surface area contributed by atoms with E-state index in [0.717, 1.165) is 17.1 Å². The highest BCUT2D eigenvalue weighted by Crippen LogP contribution is 2.24. The first-order chi connectivity index (χ1) is 15.3. The van der Waals surface area contributed by atoms with Gasteiger partial charge in [0.25, 0.3) is 11.5 Å². The van der Waals surface area contributed by atoms with Gasteiger partial charge in [0.1, 0.15) is 5.82 Å². The summed E-state index contributed by atoms with van der Waals surface area (Å²) in [6.45, 7) is 8.02. The van der Waals surface area contributed by atoms with Gasteiger partial charge < -0.3 is 14.5 Å². The number of amides is 1. The molecular weight excluding hydrogens is 424 g/mol. The zero-order valence-corrected chi connectivity index (χ0v) is 19.3. The summed E-state index contributed by atoms with van der Waals surface area (Å²) in [5.41, 5.74) is 3.77. The minimum atomic E-state index is -0.206. The fourth-order valence-corrected chi connectivity index (χ4v) is 4.11. The van der Waals surface area contributed by atoms with Crippen LogP contribution in [0, 0.1) is 13.8 Å². The van der Waals surface area contributed by atoms with Crippen molar-refractivity contribution >= 4 is 28.4 Å². The summed E-state index contributed by atoms with van der Waals surface area (Å²) >= 11 is 6.03. The van der Waals surface area contributed by atoms with Gasteiger partial charge in [-0.05, 0) is 70.2 Å². The summed E-state index contributed by atoms with van der Waals surface area (Å²) in [5.74, 6) is 0.353. The van der Waals surface area contributed by atoms with Gasteiger partial charge in [0.2, 0.25) is 0 Å². The smallest absolute Gasteiger partial charge is 0.258 e. The Morgan fingerprint density at radius 1 is 1.12 bits per heavy atom. The Morgan fingerprint density at radius 2 is 1.81 bits per heavy atom. The molecule has 4 rings (SSSR count). The van der Waals surface area contributed by atoms with Crippen LogP contribution in [0.5, 0.6) is 0 Å². The second-order valence-corrected chi connectivity index (χ2v) is 8.59. The van der Waals surface area contributed by atoms with Crippen molar-refractivity contribution in [2.24, 2.45) is 0 Å². The van der Waals surface area contributed by atoms with Gasteiger partial charge in [0.15, 0.2) is 0 Å². The lowest BCUT2D eigenvalue weighted by Crippen LogP contribution is -2.37. The molecule has 0 atom stereocenters. The van der Waals surface area contributed by atoms with E-state index in [2.05, 4.69) is 9.97 Å². The third kappa shape index (κ3) is 4.06. The van der Waals surface area contributed by atoms with Crippen LogP contribution in [0.1, 0.15) is 41.4 Å². The average Bonchev–Trinajstić information content (AvgIpc) is 3.06. The molecule has 7 heteroatoms. The van der Waals surface area contributed by atoms with Crippen LogP contribution in [0.25, 0.3) is 16.6 Å². The van der Waals surface area contributed by atoms with E-state index in [0.29, 0.717) is 27.3 Å². The first kappa shape index (κ1) is 21.8. The van der Waals surface area contributed by atoms with Crippen LogP contribution < -0.4 is 5.56 Å². The molecule has 6 nitrogen and oxygen atoms in total. The average molecular weight is 449 g/mol. The molecule has 0 aliphatic heterocycles. The standard InChI is InChI=1S/C25H25ClN4O2/c1-15(2)29(14-23-27-22-8-6-5-7-20(22)24(31)28-23)25(32)21-13-16(3)30(17(21)4)19-11-9-18(26)10-12-19/h5-13,15H,14H2,1-4H3,(H,27,28,31). The van der Waals surface area contributed by atoms with Crippen molar-refractivity contribution in [2.45, 2.75) is 40.3 Å². The number of H-pyrrole nitrogens is 1. The highest BCUT2D eigenvalue weighted by atomic mass is 35.5. The lowest BCUT2D eigenvalue weighted by molar-refractivity contribution is 0.0684. The minimum Gasteiger partial charge on any atom is -0.329 e. The number of nitrogens with one attached hydrogen (secondary N) is 1. The number of aryl methyl sites for hydroxylation is 1. The van der Waals surface area contributed by atoms with Gasteiger partial charge in [-0.1, -0.05) is 23.7 Å². The molecule has 164 valence electrons. The minimum absolute atomic E-state index is 0.0853. The van der Waals surface area contributed by atoms with Gasteiger partial charge in [-0.3, -0.25) is 9.59 Å². The van der Waals surface area contributed by atoms with Crippen LogP contribution in [0.15, 0.2) is 59.4 Å². The normalized spacial score (nSPS) is 11.3. The van der Waals surface area contributed by atoms with Crippen LogP contribution in [0.3, 0.4) is 0 Å². The van der Waals surface area contributed by atoms with E-state index in [4.69, 9.17) is 11.6 Å². The zero-order chi connectivity index (χ0) is 23.0. The summed E-state index contributed by atoms with van der Waals surface area (Å²) in [7, 11) is 0. The van der Waals surface area contributed by atoms with E-state index < -0.39 is 0 Å². The number of fused-ring (bicyclic) bond motifs is 1. The number of para-hydroxylation sites is 1. The number of hydrogen-bond donors (Lipinski definition) is 1. The van der Waals surface area contributed by atoms with Crippen LogP contribution in [0.4, 0.5) is 0 Å². The summed E-state index contributed by atoms with van der Waals surface area (Å²) in [6, 6.07) is 16.5. The van der Waals surface area contributed by atoms with E-state index in [1.54, 1.807) is 23.1 Å². The molecule has 0 fully saturated rings. The third-order valence-corrected chi connectivity index (χ3v) is 5.86. The lowest BCUT2D eigenvalue weighted by atomic mass is 10.1. The predicted molar refractivity (Wildman–Crippen MR) is 128 cm³/mol. The van der Waals surface area contributed by atoms with Crippen molar-refractivity contribution in [2.75, 3.05) is 0 Å². The Labute approximate surface area is 191 Å². The summed E-state index contributed by atoms with van der Waals surface area (Å²) < 4.78 is 2.04. The number of benzene rings is 2. The second-order valence-electron chi connectivity index (χ2n) is 8.15. The number of aromatic amines is 1. The predicted octanol–water partition coefficient (Wildman–Crippen LogP) is 5.03. The molecule has 2 aromatic heterocycles. The van der Waals surface area contributed by atoms with Gasteiger partial charge in [0.05, 0.1) is 23.0 Å². The zero-order valence-electron chi connectivity index (χ0n) is 18.5. The number of halogens is 1. The molecule has 4 aromatic rings. The van der Waals surface area contributed by atoms with E-state index in [1.165, 1.54) is 0 Å². The number of aromatic nitrogens is 3. The van der Waals surface area contributed by atoms with E-state index in [9.17, 15) is 9.59 Å². The first-order valence-corrected chi connectivity index (χ1v) is 10.9. The molecule has 1 N–H and O–H groups in total. The molecule has 32 heavy (non-hydrogen) atoms. The number of hydrogen-bond acceptors (Lipinski definition) is 3. The summed E-state index contributed by atoms with van der Waals surface area (Å²) in [5, 5.41) is 1.19. The fourth-order valence-electron chi connectivity index (χ4n) is 3.98. The molecule has 0 radical (unpaired) electrons. The molecule has 0 aliphatic rings. The number of carbonyl (C=O) groups is 1. The van der Waals surface area contributed by atoms with Gasteiger partial charge in [-0.25, -0.2) is 4.98 Å². The van der Waals surface area contributed by atoms with Gasteiger partial charge in [-0.15, -0.1) is 0 Å². The molecule has 1 amide bonds. The third-order valence-electron chi connectivity index (χ3n) is 5.61. The van der Waals surface area contributed by atoms with Crippen LogP contribution in [0.2, 0.25) is 5.02 Å². The van der Waals surface area contributed by atoms with Gasteiger partial charge in [-0.2, -0.15) is 0 Å². The van der Waals surface area contributed by atoms with Crippen molar-refractivity contribution in [1.29, 1.82) is 0 Å². The Bertz CT molecular complexity index is 1350. The Hall–Kier alpha value is -3.38. The van der Waals surface area contributed by atoms with Crippen molar-refractivity contribution in [3.63, 3.8) is 0 Å². The second kappa shape index (κ2) is 8.63. The highest BCUT2D eigenvalue weighted by molar-refractivity contribution is 6.30. The van der Waals surface area contributed by atoms with Gasteiger partial charge >= 0.3 is 0 Å². The Balaban J connectivity index is 1.70. The topological polar surface area (TPSA) is 71.0 Å². The maximum atomic E-state index is 13.6. The molecule has 0 aliphatic carbocycles. The highest BCUT2D eigenvalue weighted by Gasteiger charge is 2.25. The summed E-state index contributed by atoms with van der Waals surface area (Å²) in [6.07, 6.45) is 0. The molecule has 0 saturated carbocycles. The monoisotopic (exact) mass is 448 g/mol. The number of carbonyl (C=O) groups excluding carboxylic acids is 1. The van der Waals surface area contributed by atoms with Crippen LogP contribution >= 0.6 is 11.6 Å². The summed E-state index contributed by atoms with van der Waals surface area (Å²) in [4.78, 5) is 35.2. The number of nitrogens with zero attached hydrogens (tertiary/aromatic N) is 3. The fraction of sp³-hybridized carbons (Fsp3) is 0.240. The first-order valence-electron chi connectivity index (χ1n) is 10.5. The van der Waals surface area contributed by atoms with Crippen molar-refractivity contribution in [1.82, 2.24) is 19.4 Å². The quantitative estimate of drug-likeness (QED) is 0.465. The molecule has 0 unspecified atom stereocenters. The molecule has 2 heterocycles. The number of rotatable bonds is 5. The van der Waals surface area contributed by atoms with Crippen molar-refractivity contribution in [3.8, 4) is 5.69 Å². The molecule has 2 aromatic carbocycles. The molecule has 0 spiro atoms. The van der Waals surface area contributed by atoms with E-state index in [1.807, 2.05) is 68.7 Å². The van der Waals surface area contributed by atoms with Crippen LogP contribution in [-0.4, -0.2) is 31.4 Å². The van der Waals surface area contributed by atoms with E-state index >= 15 is 0 Å². The molecule has 0 saturated heterocycles. The van der Waals surface area contributed by atoms with Gasteiger partial charge in [0, 0.05) is 28.1 Å². The lowest BCUT2D eigenvalue weighted by Gasteiger charge is -2.26. The maximum absolute atomic E-state index is 13.6. The molecule has 0 bridgehead atoms.